The number of nitrogens with one attached hydrogen (secondary N) is 2. The van der Waals surface area contributed by atoms with Gasteiger partial charge in [0.05, 0.1) is 12.4 Å². The van der Waals surface area contributed by atoms with Crippen molar-refractivity contribution in [1.29, 1.82) is 0 Å². The minimum absolute atomic E-state index is 0.0301. The molecule has 0 spiro atoms. The third-order valence-electron chi connectivity index (χ3n) is 2.51. The largest absolute Gasteiger partial charge is 0.491 e. The fourth-order valence-electron chi connectivity index (χ4n) is 1.52. The second-order valence-electron chi connectivity index (χ2n) is 4.44. The molecule has 0 unspecified atom stereocenters. The molecule has 1 aromatic carbocycles. The molecule has 0 heterocycles. The van der Waals surface area contributed by atoms with E-state index in [1.807, 2.05) is 0 Å². The van der Waals surface area contributed by atoms with Crippen molar-refractivity contribution in [2.75, 3.05) is 25.2 Å². The SMILES string of the molecule is CCOc1ccc(CNC(=O)NCCS(C)(=O)=O)cc1F. The zero-order valence-corrected chi connectivity index (χ0v) is 12.8. The maximum absolute atomic E-state index is 13.6. The van der Waals surface area contributed by atoms with E-state index in [1.54, 1.807) is 13.0 Å². The van der Waals surface area contributed by atoms with Crippen LogP contribution in [0.5, 0.6) is 5.75 Å². The summed E-state index contributed by atoms with van der Waals surface area (Å²) >= 11 is 0. The van der Waals surface area contributed by atoms with E-state index in [2.05, 4.69) is 10.6 Å². The number of hydrogen-bond acceptors (Lipinski definition) is 4. The molecule has 0 aliphatic carbocycles. The van der Waals surface area contributed by atoms with Crippen molar-refractivity contribution in [3.05, 3.63) is 29.6 Å². The lowest BCUT2D eigenvalue weighted by molar-refractivity contribution is 0.241. The summed E-state index contributed by atoms with van der Waals surface area (Å²) in [5, 5.41) is 4.92. The van der Waals surface area contributed by atoms with Gasteiger partial charge < -0.3 is 15.4 Å². The summed E-state index contributed by atoms with van der Waals surface area (Å²) in [5.41, 5.74) is 0.578. The van der Waals surface area contributed by atoms with Gasteiger partial charge in [0.15, 0.2) is 11.6 Å². The molecule has 0 bridgehead atoms. The molecular formula is C13H19FN2O4S. The first kappa shape index (κ1) is 17.2. The molecule has 2 N–H and O–H groups in total. The molecule has 2 amide bonds. The van der Waals surface area contributed by atoms with Gasteiger partial charge in [-0.25, -0.2) is 17.6 Å². The van der Waals surface area contributed by atoms with E-state index in [-0.39, 0.29) is 24.6 Å². The van der Waals surface area contributed by atoms with Crippen LogP contribution in [0.3, 0.4) is 0 Å². The zero-order valence-electron chi connectivity index (χ0n) is 12.0. The van der Waals surface area contributed by atoms with Gasteiger partial charge in [-0.05, 0) is 24.6 Å². The number of rotatable bonds is 7. The molecule has 0 atom stereocenters. The normalized spacial score (nSPS) is 11.0. The first-order valence-corrected chi connectivity index (χ1v) is 8.48. The number of carbonyl (C=O) groups excluding carboxylic acids is 1. The van der Waals surface area contributed by atoms with Crippen molar-refractivity contribution in [2.24, 2.45) is 0 Å². The van der Waals surface area contributed by atoms with E-state index in [0.717, 1.165) is 6.26 Å². The van der Waals surface area contributed by atoms with Crippen LogP contribution in [0.2, 0.25) is 0 Å². The predicted molar refractivity (Wildman–Crippen MR) is 77.5 cm³/mol. The molecule has 6 nitrogen and oxygen atoms in total. The first-order valence-electron chi connectivity index (χ1n) is 6.42. The van der Waals surface area contributed by atoms with Crippen molar-refractivity contribution in [3.8, 4) is 5.75 Å². The zero-order chi connectivity index (χ0) is 15.9. The molecule has 0 fully saturated rings. The Morgan fingerprint density at radius 1 is 1.33 bits per heavy atom. The summed E-state index contributed by atoms with van der Waals surface area (Å²) in [6.45, 7) is 2.29. The summed E-state index contributed by atoms with van der Waals surface area (Å²) in [6.07, 6.45) is 1.09. The van der Waals surface area contributed by atoms with Crippen LogP contribution >= 0.6 is 0 Å². The summed E-state index contributed by atoms with van der Waals surface area (Å²) < 4.78 is 40.4. The number of urea groups is 1. The fraction of sp³-hybridized carbons (Fsp3) is 0.462. The second-order valence-corrected chi connectivity index (χ2v) is 6.70. The Morgan fingerprint density at radius 3 is 2.62 bits per heavy atom. The minimum atomic E-state index is -3.11. The Kier molecular flexibility index (Phi) is 6.41. The molecule has 118 valence electrons. The maximum Gasteiger partial charge on any atom is 0.315 e. The van der Waals surface area contributed by atoms with Gasteiger partial charge in [0.2, 0.25) is 0 Å². The standard InChI is InChI=1S/C13H19FN2O4S/c1-3-20-12-5-4-10(8-11(12)14)9-16-13(17)15-6-7-21(2,18)19/h4-5,8H,3,6-7,9H2,1-2H3,(H2,15,16,17). The Morgan fingerprint density at radius 2 is 2.05 bits per heavy atom. The first-order chi connectivity index (χ1) is 9.81. The molecule has 1 rings (SSSR count). The Hall–Kier alpha value is -1.83. The van der Waals surface area contributed by atoms with Crippen LogP contribution in [-0.2, 0) is 16.4 Å². The quantitative estimate of drug-likeness (QED) is 0.787. The van der Waals surface area contributed by atoms with E-state index < -0.39 is 21.7 Å². The lowest BCUT2D eigenvalue weighted by Crippen LogP contribution is -2.37. The Bertz CT molecular complexity index is 590. The van der Waals surface area contributed by atoms with E-state index in [9.17, 15) is 17.6 Å². The molecule has 8 heteroatoms. The molecule has 0 saturated carbocycles. The van der Waals surface area contributed by atoms with Crippen LogP contribution in [0, 0.1) is 5.82 Å². The van der Waals surface area contributed by atoms with Crippen molar-refractivity contribution in [1.82, 2.24) is 10.6 Å². The van der Waals surface area contributed by atoms with Gasteiger partial charge in [-0.1, -0.05) is 6.07 Å². The second kappa shape index (κ2) is 7.82. The van der Waals surface area contributed by atoms with E-state index in [1.165, 1.54) is 12.1 Å². The van der Waals surface area contributed by atoms with Gasteiger partial charge in [-0.15, -0.1) is 0 Å². The van der Waals surface area contributed by atoms with Crippen molar-refractivity contribution in [2.45, 2.75) is 13.5 Å². The van der Waals surface area contributed by atoms with E-state index >= 15 is 0 Å². The monoisotopic (exact) mass is 318 g/mol. The van der Waals surface area contributed by atoms with Gasteiger partial charge in [0, 0.05) is 19.3 Å². The molecule has 0 aliphatic rings. The van der Waals surface area contributed by atoms with Gasteiger partial charge in [-0.2, -0.15) is 0 Å². The number of halogens is 1. The average molecular weight is 318 g/mol. The summed E-state index contributed by atoms with van der Waals surface area (Å²) in [4.78, 5) is 11.4. The van der Waals surface area contributed by atoms with Crippen molar-refractivity contribution >= 4 is 15.9 Å². The third kappa shape index (κ3) is 6.94. The fourth-order valence-corrected chi connectivity index (χ4v) is 1.99. The number of hydrogen-bond donors (Lipinski definition) is 2. The number of sulfone groups is 1. The molecule has 0 saturated heterocycles. The minimum Gasteiger partial charge on any atom is -0.491 e. The average Bonchev–Trinajstić information content (AvgIpc) is 2.38. The van der Waals surface area contributed by atoms with Crippen LogP contribution < -0.4 is 15.4 Å². The van der Waals surface area contributed by atoms with Gasteiger partial charge >= 0.3 is 6.03 Å². The predicted octanol–water partition coefficient (Wildman–Crippen LogP) is 1.07. The highest BCUT2D eigenvalue weighted by atomic mass is 32.2. The third-order valence-corrected chi connectivity index (χ3v) is 3.45. The highest BCUT2D eigenvalue weighted by Gasteiger charge is 2.07. The number of benzene rings is 1. The summed E-state index contributed by atoms with van der Waals surface area (Å²) in [7, 11) is -3.11. The Balaban J connectivity index is 2.41. The number of ether oxygens (including phenoxy) is 1. The summed E-state index contributed by atoms with van der Waals surface area (Å²) in [6, 6.07) is 3.91. The van der Waals surface area contributed by atoms with Crippen LogP contribution in [0.15, 0.2) is 18.2 Å². The van der Waals surface area contributed by atoms with Gasteiger partial charge in [0.25, 0.3) is 0 Å². The molecule has 0 radical (unpaired) electrons. The lowest BCUT2D eigenvalue weighted by atomic mass is 10.2. The molecule has 1 aromatic rings. The van der Waals surface area contributed by atoms with Crippen LogP contribution in [0.1, 0.15) is 12.5 Å². The molecule has 0 aromatic heterocycles. The maximum atomic E-state index is 13.6. The lowest BCUT2D eigenvalue weighted by Gasteiger charge is -2.09. The van der Waals surface area contributed by atoms with Crippen molar-refractivity contribution in [3.63, 3.8) is 0 Å². The van der Waals surface area contributed by atoms with Crippen LogP contribution in [0.4, 0.5) is 9.18 Å². The van der Waals surface area contributed by atoms with Crippen LogP contribution in [-0.4, -0.2) is 39.6 Å². The summed E-state index contributed by atoms with van der Waals surface area (Å²) in [5.74, 6) is -0.453. The number of carbonyl (C=O) groups is 1. The highest BCUT2D eigenvalue weighted by molar-refractivity contribution is 7.90. The smallest absolute Gasteiger partial charge is 0.315 e. The van der Waals surface area contributed by atoms with Crippen LogP contribution in [0.25, 0.3) is 0 Å². The van der Waals surface area contributed by atoms with E-state index in [0.29, 0.717) is 12.2 Å². The topological polar surface area (TPSA) is 84.5 Å². The molecular weight excluding hydrogens is 299 g/mol. The van der Waals surface area contributed by atoms with Gasteiger partial charge in [-0.3, -0.25) is 0 Å². The number of amides is 2. The molecule has 21 heavy (non-hydrogen) atoms. The van der Waals surface area contributed by atoms with Gasteiger partial charge in [0.1, 0.15) is 9.84 Å². The molecule has 0 aliphatic heterocycles. The highest BCUT2D eigenvalue weighted by Crippen LogP contribution is 2.18. The Labute approximate surface area is 123 Å². The van der Waals surface area contributed by atoms with E-state index in [4.69, 9.17) is 4.74 Å². The van der Waals surface area contributed by atoms with Crippen molar-refractivity contribution < 1.29 is 22.3 Å².